The molecule has 1 N–H and O–H groups in total. The van der Waals surface area contributed by atoms with Crippen molar-refractivity contribution in [3.63, 3.8) is 0 Å². The molecule has 3 rings (SSSR count). The van der Waals surface area contributed by atoms with Gasteiger partial charge < -0.3 is 15.0 Å². The average Bonchev–Trinajstić information content (AvgIpc) is 2.73. The molecule has 0 aliphatic carbocycles. The minimum absolute atomic E-state index is 0.0240. The van der Waals surface area contributed by atoms with Gasteiger partial charge in [0.25, 0.3) is 5.91 Å². The molecule has 5 nitrogen and oxygen atoms in total. The number of hydrogen-bond acceptors (Lipinski definition) is 3. The number of nitrogens with zero attached hydrogens (tertiary/aromatic N) is 1. The summed E-state index contributed by atoms with van der Waals surface area (Å²) in [4.78, 5) is 27.0. The molecular weight excluding hydrogens is 316 g/mol. The van der Waals surface area contributed by atoms with Crippen LogP contribution < -0.4 is 15.0 Å². The van der Waals surface area contributed by atoms with Gasteiger partial charge in [0.15, 0.2) is 0 Å². The number of carbonyl (C=O) groups excluding carboxylic acids is 2. The Hall–Kier alpha value is -2.82. The molecule has 0 radical (unpaired) electrons. The van der Waals surface area contributed by atoms with Crippen LogP contribution in [0.25, 0.3) is 0 Å². The fourth-order valence-electron chi connectivity index (χ4n) is 3.11. The van der Waals surface area contributed by atoms with E-state index in [2.05, 4.69) is 5.32 Å². The zero-order chi connectivity index (χ0) is 18.0. The molecule has 2 amide bonds. The first-order valence-corrected chi connectivity index (χ1v) is 8.33. The number of aryl methyl sites for hydroxylation is 1. The lowest BCUT2D eigenvalue weighted by Crippen LogP contribution is -2.41. The summed E-state index contributed by atoms with van der Waals surface area (Å²) in [7, 11) is 1.62. The predicted molar refractivity (Wildman–Crippen MR) is 97.2 cm³/mol. The second kappa shape index (κ2) is 6.97. The predicted octanol–water partition coefficient (Wildman–Crippen LogP) is 2.71. The van der Waals surface area contributed by atoms with Gasteiger partial charge in [0.05, 0.1) is 24.8 Å². The van der Waals surface area contributed by atoms with Gasteiger partial charge in [-0.05, 0) is 49.2 Å². The number of carbonyl (C=O) groups is 2. The average molecular weight is 338 g/mol. The van der Waals surface area contributed by atoms with Crippen molar-refractivity contribution in [1.82, 2.24) is 5.32 Å². The topological polar surface area (TPSA) is 58.6 Å². The van der Waals surface area contributed by atoms with Crippen molar-refractivity contribution in [3.05, 3.63) is 59.2 Å². The molecule has 0 spiro atoms. The zero-order valence-corrected chi connectivity index (χ0v) is 14.7. The van der Waals surface area contributed by atoms with Crippen LogP contribution >= 0.6 is 0 Å². The SMILES string of the molecule is COc1ccc(CC(=O)N2CC(C)NC(=O)c3ccccc32)c(C)c1. The first kappa shape index (κ1) is 17.0. The molecule has 5 heteroatoms. The van der Waals surface area contributed by atoms with Gasteiger partial charge in [0.2, 0.25) is 5.91 Å². The van der Waals surface area contributed by atoms with E-state index < -0.39 is 0 Å². The third kappa shape index (κ3) is 3.50. The summed E-state index contributed by atoms with van der Waals surface area (Å²) in [5.74, 6) is 0.611. The van der Waals surface area contributed by atoms with Gasteiger partial charge in [0, 0.05) is 12.6 Å². The van der Waals surface area contributed by atoms with Crippen molar-refractivity contribution < 1.29 is 14.3 Å². The Labute approximate surface area is 147 Å². The Balaban J connectivity index is 1.90. The van der Waals surface area contributed by atoms with E-state index in [0.29, 0.717) is 17.8 Å². The van der Waals surface area contributed by atoms with E-state index >= 15 is 0 Å². The summed E-state index contributed by atoms with van der Waals surface area (Å²) >= 11 is 0. The molecule has 130 valence electrons. The molecule has 25 heavy (non-hydrogen) atoms. The number of nitrogens with one attached hydrogen (secondary N) is 1. The van der Waals surface area contributed by atoms with Crippen LogP contribution in [0.15, 0.2) is 42.5 Å². The van der Waals surface area contributed by atoms with Crippen LogP contribution in [-0.4, -0.2) is 31.5 Å². The van der Waals surface area contributed by atoms with Crippen LogP contribution in [0, 0.1) is 6.92 Å². The summed E-state index contributed by atoms with van der Waals surface area (Å²) in [5.41, 5.74) is 3.17. The van der Waals surface area contributed by atoms with Crippen LogP contribution in [0.4, 0.5) is 5.69 Å². The van der Waals surface area contributed by atoms with Crippen molar-refractivity contribution in [1.29, 1.82) is 0 Å². The molecule has 1 heterocycles. The number of para-hydroxylation sites is 1. The smallest absolute Gasteiger partial charge is 0.253 e. The summed E-state index contributed by atoms with van der Waals surface area (Å²) in [6.45, 7) is 4.33. The second-order valence-corrected chi connectivity index (χ2v) is 6.37. The fourth-order valence-corrected chi connectivity index (χ4v) is 3.11. The van der Waals surface area contributed by atoms with E-state index in [9.17, 15) is 9.59 Å². The number of anilines is 1. The van der Waals surface area contributed by atoms with Gasteiger partial charge >= 0.3 is 0 Å². The largest absolute Gasteiger partial charge is 0.497 e. The highest BCUT2D eigenvalue weighted by atomic mass is 16.5. The number of hydrogen-bond donors (Lipinski definition) is 1. The number of benzene rings is 2. The maximum absolute atomic E-state index is 13.0. The van der Waals surface area contributed by atoms with Crippen molar-refractivity contribution in [2.24, 2.45) is 0 Å². The number of rotatable bonds is 3. The van der Waals surface area contributed by atoms with Gasteiger partial charge in [-0.3, -0.25) is 9.59 Å². The third-order valence-electron chi connectivity index (χ3n) is 4.47. The first-order chi connectivity index (χ1) is 12.0. The summed E-state index contributed by atoms with van der Waals surface area (Å²) in [6, 6.07) is 12.8. The molecule has 1 atom stereocenters. The minimum Gasteiger partial charge on any atom is -0.497 e. The number of methoxy groups -OCH3 is 1. The Morgan fingerprint density at radius 1 is 1.28 bits per heavy atom. The third-order valence-corrected chi connectivity index (χ3v) is 4.47. The molecule has 1 aliphatic rings. The minimum atomic E-state index is -0.140. The highest BCUT2D eigenvalue weighted by Gasteiger charge is 2.28. The number of fused-ring (bicyclic) bond motifs is 1. The normalized spacial score (nSPS) is 16.7. The number of amides is 2. The molecule has 0 saturated heterocycles. The maximum Gasteiger partial charge on any atom is 0.253 e. The lowest BCUT2D eigenvalue weighted by Gasteiger charge is -2.24. The zero-order valence-electron chi connectivity index (χ0n) is 14.7. The van der Waals surface area contributed by atoms with Crippen molar-refractivity contribution in [3.8, 4) is 5.75 Å². The molecule has 2 aromatic rings. The summed E-state index contributed by atoms with van der Waals surface area (Å²) < 4.78 is 5.22. The summed E-state index contributed by atoms with van der Waals surface area (Å²) in [5, 5.41) is 2.92. The quantitative estimate of drug-likeness (QED) is 0.936. The van der Waals surface area contributed by atoms with E-state index in [1.54, 1.807) is 18.1 Å². The van der Waals surface area contributed by atoms with Gasteiger partial charge in [-0.25, -0.2) is 0 Å². The molecule has 1 aliphatic heterocycles. The Morgan fingerprint density at radius 3 is 2.76 bits per heavy atom. The Bertz CT molecular complexity index is 816. The van der Waals surface area contributed by atoms with E-state index in [1.165, 1.54) is 0 Å². The molecule has 0 bridgehead atoms. The molecule has 1 unspecified atom stereocenters. The second-order valence-electron chi connectivity index (χ2n) is 6.37. The van der Waals surface area contributed by atoms with E-state index in [1.807, 2.05) is 50.2 Å². The lowest BCUT2D eigenvalue weighted by atomic mass is 10.0. The number of ether oxygens (including phenoxy) is 1. The highest BCUT2D eigenvalue weighted by Crippen LogP contribution is 2.25. The first-order valence-electron chi connectivity index (χ1n) is 8.33. The van der Waals surface area contributed by atoms with E-state index in [0.717, 1.165) is 16.9 Å². The van der Waals surface area contributed by atoms with Gasteiger partial charge in [-0.1, -0.05) is 18.2 Å². The van der Waals surface area contributed by atoms with Crippen LogP contribution in [0.5, 0.6) is 5.75 Å². The van der Waals surface area contributed by atoms with Crippen molar-refractivity contribution in [2.75, 3.05) is 18.6 Å². The fraction of sp³-hybridized carbons (Fsp3) is 0.300. The molecule has 0 aromatic heterocycles. The lowest BCUT2D eigenvalue weighted by molar-refractivity contribution is -0.118. The van der Waals surface area contributed by atoms with Crippen LogP contribution in [-0.2, 0) is 11.2 Å². The van der Waals surface area contributed by atoms with Gasteiger partial charge in [0.1, 0.15) is 5.75 Å². The van der Waals surface area contributed by atoms with Crippen LogP contribution in [0.1, 0.15) is 28.4 Å². The monoisotopic (exact) mass is 338 g/mol. The summed E-state index contributed by atoms with van der Waals surface area (Å²) in [6.07, 6.45) is 0.283. The molecular formula is C20H22N2O3. The molecule has 2 aromatic carbocycles. The molecule has 0 fully saturated rings. The van der Waals surface area contributed by atoms with E-state index in [-0.39, 0.29) is 24.3 Å². The van der Waals surface area contributed by atoms with Crippen molar-refractivity contribution >= 4 is 17.5 Å². The van der Waals surface area contributed by atoms with Crippen molar-refractivity contribution in [2.45, 2.75) is 26.3 Å². The Kier molecular flexibility index (Phi) is 4.74. The highest BCUT2D eigenvalue weighted by molar-refractivity contribution is 6.06. The van der Waals surface area contributed by atoms with Crippen LogP contribution in [0.3, 0.4) is 0 Å². The van der Waals surface area contributed by atoms with Gasteiger partial charge in [-0.15, -0.1) is 0 Å². The van der Waals surface area contributed by atoms with Gasteiger partial charge in [-0.2, -0.15) is 0 Å². The van der Waals surface area contributed by atoms with E-state index in [4.69, 9.17) is 4.74 Å². The van der Waals surface area contributed by atoms with Crippen LogP contribution in [0.2, 0.25) is 0 Å². The maximum atomic E-state index is 13.0. The standard InChI is InChI=1S/C20H22N2O3/c1-13-10-16(25-3)9-8-15(13)11-19(23)22-12-14(2)21-20(24)17-6-4-5-7-18(17)22/h4-10,14H,11-12H2,1-3H3,(H,21,24). The Morgan fingerprint density at radius 2 is 2.04 bits per heavy atom. The molecule has 0 saturated carbocycles.